The number of carbonyl (C=O) groups is 1. The number of allylic oxidation sites excluding steroid dienone is 3. The number of nitrogens with zero attached hydrogens (tertiary/aromatic N) is 1. The third-order valence-electron chi connectivity index (χ3n) is 5.93. The number of rotatable bonds is 7. The molecule has 0 spiro atoms. The van der Waals surface area contributed by atoms with E-state index in [-0.39, 0.29) is 28.8 Å². The molecule has 1 aliphatic carbocycles. The van der Waals surface area contributed by atoms with Gasteiger partial charge >= 0.3 is 0 Å². The first-order valence-corrected chi connectivity index (χ1v) is 11.1. The Kier molecular flexibility index (Phi) is 11.3. The zero-order valence-corrected chi connectivity index (χ0v) is 18.9. The van der Waals surface area contributed by atoms with Crippen LogP contribution in [-0.2, 0) is 4.79 Å². The Morgan fingerprint density at radius 3 is 2.37 bits per heavy atom. The van der Waals surface area contributed by atoms with Gasteiger partial charge in [-0.2, -0.15) is 0 Å². The van der Waals surface area contributed by atoms with Crippen molar-refractivity contribution < 1.29 is 15.7 Å². The topological polar surface area (TPSA) is 95.3 Å². The lowest BCUT2D eigenvalue weighted by molar-refractivity contribution is -0.135. The van der Waals surface area contributed by atoms with Gasteiger partial charge in [0.2, 0.25) is 5.91 Å². The summed E-state index contributed by atoms with van der Waals surface area (Å²) >= 11 is 6.00. The Bertz CT molecular complexity index is 708. The SMILES string of the molecule is CC(C)[C@@H](NCCC1=CCCC=C1)C(=O)N1CCC(c2ccc(Cl)cc2)CC1.O.O. The third kappa shape index (κ3) is 7.24. The molecule has 1 fully saturated rings. The number of hydrogen-bond donors (Lipinski definition) is 1. The molecule has 1 atom stereocenters. The van der Waals surface area contributed by atoms with Crippen molar-refractivity contribution in [1.82, 2.24) is 10.2 Å². The fourth-order valence-corrected chi connectivity index (χ4v) is 4.32. The molecule has 2 aliphatic rings. The van der Waals surface area contributed by atoms with Gasteiger partial charge in [0.25, 0.3) is 0 Å². The molecular formula is C24H37ClN2O3. The number of halogens is 1. The van der Waals surface area contributed by atoms with E-state index in [0.717, 1.165) is 56.8 Å². The van der Waals surface area contributed by atoms with Gasteiger partial charge in [-0.1, -0.05) is 61.4 Å². The van der Waals surface area contributed by atoms with Gasteiger partial charge in [0.05, 0.1) is 6.04 Å². The van der Waals surface area contributed by atoms with Gasteiger partial charge in [0.1, 0.15) is 0 Å². The first-order valence-electron chi connectivity index (χ1n) is 10.7. The molecule has 1 aliphatic heterocycles. The van der Waals surface area contributed by atoms with Crippen LogP contribution in [0.25, 0.3) is 0 Å². The van der Waals surface area contributed by atoms with E-state index in [4.69, 9.17) is 11.6 Å². The first kappa shape index (κ1) is 26.4. The summed E-state index contributed by atoms with van der Waals surface area (Å²) in [7, 11) is 0. The van der Waals surface area contributed by atoms with Crippen LogP contribution >= 0.6 is 11.6 Å². The van der Waals surface area contributed by atoms with Crippen molar-refractivity contribution in [2.45, 2.75) is 57.9 Å². The van der Waals surface area contributed by atoms with Crippen LogP contribution < -0.4 is 5.32 Å². The van der Waals surface area contributed by atoms with Crippen LogP contribution in [0, 0.1) is 5.92 Å². The maximum atomic E-state index is 13.1. The molecule has 5 nitrogen and oxygen atoms in total. The van der Waals surface area contributed by atoms with Crippen molar-refractivity contribution in [3.05, 3.63) is 58.7 Å². The van der Waals surface area contributed by atoms with Crippen LogP contribution in [0.3, 0.4) is 0 Å². The van der Waals surface area contributed by atoms with E-state index in [1.807, 2.05) is 12.1 Å². The summed E-state index contributed by atoms with van der Waals surface area (Å²) < 4.78 is 0. The molecule has 0 saturated carbocycles. The monoisotopic (exact) mass is 436 g/mol. The molecule has 1 aromatic rings. The Balaban J connectivity index is 0.00000225. The van der Waals surface area contributed by atoms with E-state index in [9.17, 15) is 4.79 Å². The lowest BCUT2D eigenvalue weighted by Gasteiger charge is -2.35. The number of hydrogen-bond acceptors (Lipinski definition) is 2. The van der Waals surface area contributed by atoms with Crippen molar-refractivity contribution >= 4 is 17.5 Å². The Labute approximate surface area is 185 Å². The van der Waals surface area contributed by atoms with Crippen molar-refractivity contribution in [1.29, 1.82) is 0 Å². The second kappa shape index (κ2) is 12.9. The second-order valence-electron chi connectivity index (χ2n) is 8.34. The number of benzene rings is 1. The predicted octanol–water partition coefficient (Wildman–Crippen LogP) is 3.68. The Morgan fingerprint density at radius 2 is 1.80 bits per heavy atom. The van der Waals surface area contributed by atoms with E-state index >= 15 is 0 Å². The molecule has 1 amide bonds. The summed E-state index contributed by atoms with van der Waals surface area (Å²) in [5, 5.41) is 4.31. The van der Waals surface area contributed by atoms with Crippen LogP contribution in [0.4, 0.5) is 0 Å². The number of carbonyl (C=O) groups excluding carboxylic acids is 1. The number of piperidine rings is 1. The maximum Gasteiger partial charge on any atom is 0.239 e. The van der Waals surface area contributed by atoms with E-state index in [1.165, 1.54) is 11.1 Å². The molecule has 6 heteroatoms. The fraction of sp³-hybridized carbons (Fsp3) is 0.542. The van der Waals surface area contributed by atoms with Crippen molar-refractivity contribution in [2.75, 3.05) is 19.6 Å². The molecule has 168 valence electrons. The fourth-order valence-electron chi connectivity index (χ4n) is 4.20. The normalized spacial score (nSPS) is 17.7. The lowest BCUT2D eigenvalue weighted by atomic mass is 9.89. The molecule has 1 heterocycles. The molecule has 5 N–H and O–H groups in total. The standard InChI is InChI=1S/C24H33ClN2O.2H2O/c1-18(2)23(26-15-12-19-6-4-3-5-7-19)24(28)27-16-13-21(14-17-27)20-8-10-22(25)11-9-20;;/h4,6-11,18,21,23,26H,3,5,12-17H2,1-2H3;2*1H2/t23-;;/m1../s1. The Morgan fingerprint density at radius 1 is 1.13 bits per heavy atom. The van der Waals surface area contributed by atoms with Gasteiger partial charge in [-0.3, -0.25) is 4.79 Å². The van der Waals surface area contributed by atoms with Crippen LogP contribution in [0.2, 0.25) is 5.02 Å². The second-order valence-corrected chi connectivity index (χ2v) is 8.77. The predicted molar refractivity (Wildman–Crippen MR) is 125 cm³/mol. The van der Waals surface area contributed by atoms with E-state index in [0.29, 0.717) is 5.92 Å². The van der Waals surface area contributed by atoms with Crippen LogP contribution in [-0.4, -0.2) is 47.4 Å². The van der Waals surface area contributed by atoms with Crippen molar-refractivity contribution in [3.63, 3.8) is 0 Å². The van der Waals surface area contributed by atoms with E-state index in [2.05, 4.69) is 54.4 Å². The first-order chi connectivity index (χ1) is 13.5. The molecule has 1 saturated heterocycles. The number of likely N-dealkylation sites (tertiary alicyclic amines) is 1. The highest BCUT2D eigenvalue weighted by molar-refractivity contribution is 6.30. The van der Waals surface area contributed by atoms with Crippen molar-refractivity contribution in [2.24, 2.45) is 5.92 Å². The largest absolute Gasteiger partial charge is 0.412 e. The summed E-state index contributed by atoms with van der Waals surface area (Å²) in [5.41, 5.74) is 2.72. The van der Waals surface area contributed by atoms with Gasteiger partial charge in [-0.25, -0.2) is 0 Å². The summed E-state index contributed by atoms with van der Waals surface area (Å²) in [6, 6.07) is 8.07. The van der Waals surface area contributed by atoms with Gasteiger partial charge in [-0.05, 0) is 68.2 Å². The minimum Gasteiger partial charge on any atom is -0.412 e. The average molecular weight is 437 g/mol. The third-order valence-corrected chi connectivity index (χ3v) is 6.18. The Hall–Kier alpha value is -1.66. The number of amides is 1. The summed E-state index contributed by atoms with van der Waals surface area (Å²) in [6.45, 7) is 6.80. The minimum absolute atomic E-state index is 0. The molecule has 0 radical (unpaired) electrons. The lowest BCUT2D eigenvalue weighted by Crippen LogP contribution is -2.51. The maximum absolute atomic E-state index is 13.1. The van der Waals surface area contributed by atoms with Crippen LogP contribution in [0.15, 0.2) is 48.1 Å². The van der Waals surface area contributed by atoms with Gasteiger partial charge in [0.15, 0.2) is 0 Å². The number of nitrogens with one attached hydrogen (secondary N) is 1. The summed E-state index contributed by atoms with van der Waals surface area (Å²) in [6.07, 6.45) is 12.1. The molecular weight excluding hydrogens is 400 g/mol. The van der Waals surface area contributed by atoms with Gasteiger partial charge in [0, 0.05) is 18.1 Å². The smallest absolute Gasteiger partial charge is 0.239 e. The molecule has 0 bridgehead atoms. The molecule has 3 rings (SSSR count). The van der Waals surface area contributed by atoms with Gasteiger partial charge < -0.3 is 21.2 Å². The van der Waals surface area contributed by atoms with Gasteiger partial charge in [-0.15, -0.1) is 0 Å². The van der Waals surface area contributed by atoms with Crippen molar-refractivity contribution in [3.8, 4) is 0 Å². The highest BCUT2D eigenvalue weighted by atomic mass is 35.5. The van der Waals surface area contributed by atoms with Crippen LogP contribution in [0.1, 0.15) is 57.4 Å². The van der Waals surface area contributed by atoms with E-state index in [1.54, 1.807) is 0 Å². The zero-order chi connectivity index (χ0) is 19.9. The molecule has 1 aromatic carbocycles. The van der Waals surface area contributed by atoms with E-state index < -0.39 is 0 Å². The molecule has 0 unspecified atom stereocenters. The minimum atomic E-state index is -0.0970. The highest BCUT2D eigenvalue weighted by Gasteiger charge is 2.30. The zero-order valence-electron chi connectivity index (χ0n) is 18.2. The van der Waals surface area contributed by atoms with Crippen LogP contribution in [0.5, 0.6) is 0 Å². The summed E-state index contributed by atoms with van der Waals surface area (Å²) in [5.74, 6) is 1.08. The summed E-state index contributed by atoms with van der Waals surface area (Å²) in [4.78, 5) is 15.2. The quantitative estimate of drug-likeness (QED) is 0.705. The average Bonchev–Trinajstić information content (AvgIpc) is 2.72. The molecule has 0 aromatic heterocycles. The molecule has 30 heavy (non-hydrogen) atoms. The highest BCUT2D eigenvalue weighted by Crippen LogP contribution is 2.29.